The molecule has 0 atom stereocenters. The molecule has 0 amide bonds. The standard InChI is InChI=1S/C16H14N2O2S.C9H8N2.C7H7ClO2S/c1-12-6-8-14(9-7-12)21(19,20)18-16-11-17-10-13-4-2-3-5-15(13)16;10-9-6-11-5-7-3-1-2-4-8(7)9;1-6-2-4-7(5-3-6)11(8,9)10/h2-11,18H,1H3;1-6H,10H2;2-5H,1H3. The van der Waals surface area contributed by atoms with Crippen LogP contribution in [0.5, 0.6) is 0 Å². The second kappa shape index (κ2) is 13.6. The molecule has 0 radical (unpaired) electrons. The fraction of sp³-hybridized carbons (Fsp3) is 0.0625. The normalized spacial score (nSPS) is 11.1. The molecule has 0 bridgehead atoms. The van der Waals surface area contributed by atoms with Crippen LogP contribution < -0.4 is 10.5 Å². The lowest BCUT2D eigenvalue weighted by Crippen LogP contribution is -2.13. The molecule has 220 valence electrons. The van der Waals surface area contributed by atoms with Crippen molar-refractivity contribution in [2.24, 2.45) is 0 Å². The molecule has 4 aromatic carbocycles. The molecular formula is C32H29ClN4O4S2. The van der Waals surface area contributed by atoms with Gasteiger partial charge in [-0.3, -0.25) is 14.7 Å². The lowest BCUT2D eigenvalue weighted by atomic mass is 10.1. The van der Waals surface area contributed by atoms with E-state index in [0.717, 1.165) is 38.4 Å². The zero-order valence-electron chi connectivity index (χ0n) is 23.3. The summed E-state index contributed by atoms with van der Waals surface area (Å²) in [6.07, 6.45) is 6.71. The number of hydrogen-bond acceptors (Lipinski definition) is 7. The number of sulfonamides is 1. The van der Waals surface area contributed by atoms with E-state index in [2.05, 4.69) is 14.7 Å². The SMILES string of the molecule is Cc1ccc(S(=O)(=O)Cl)cc1.Cc1ccc(S(=O)(=O)Nc2cncc3ccccc23)cc1.Nc1cncc2ccccc12. The Hall–Kier alpha value is -4.51. The van der Waals surface area contributed by atoms with Gasteiger partial charge in [0.15, 0.2) is 0 Å². The number of aromatic nitrogens is 2. The van der Waals surface area contributed by atoms with Gasteiger partial charge in [-0.15, -0.1) is 0 Å². The molecule has 2 heterocycles. The minimum Gasteiger partial charge on any atom is -0.397 e. The zero-order valence-corrected chi connectivity index (χ0v) is 25.7. The Balaban J connectivity index is 0.000000162. The number of benzene rings is 4. The second-order valence-corrected chi connectivity index (χ2v) is 13.8. The maximum atomic E-state index is 12.4. The van der Waals surface area contributed by atoms with Gasteiger partial charge in [0.2, 0.25) is 0 Å². The van der Waals surface area contributed by atoms with Gasteiger partial charge in [0.25, 0.3) is 19.1 Å². The van der Waals surface area contributed by atoms with E-state index >= 15 is 0 Å². The van der Waals surface area contributed by atoms with Crippen molar-refractivity contribution in [3.8, 4) is 0 Å². The molecule has 0 spiro atoms. The van der Waals surface area contributed by atoms with Gasteiger partial charge in [-0.05, 0) is 38.1 Å². The molecule has 0 unspecified atom stereocenters. The Labute approximate surface area is 255 Å². The Morgan fingerprint density at radius 2 is 1.07 bits per heavy atom. The first kappa shape index (κ1) is 31.4. The average Bonchev–Trinajstić information content (AvgIpc) is 2.98. The second-order valence-electron chi connectivity index (χ2n) is 9.53. The highest BCUT2D eigenvalue weighted by molar-refractivity contribution is 8.13. The Kier molecular flexibility index (Phi) is 9.97. The van der Waals surface area contributed by atoms with E-state index in [-0.39, 0.29) is 9.79 Å². The topological polar surface area (TPSA) is 132 Å². The van der Waals surface area contributed by atoms with Gasteiger partial charge in [0.05, 0.1) is 33.6 Å². The number of anilines is 2. The van der Waals surface area contributed by atoms with Crippen LogP contribution in [0.1, 0.15) is 11.1 Å². The molecule has 43 heavy (non-hydrogen) atoms. The predicted molar refractivity (Wildman–Crippen MR) is 174 cm³/mol. The summed E-state index contributed by atoms with van der Waals surface area (Å²) in [5.41, 5.74) is 8.94. The minimum absolute atomic E-state index is 0.143. The fourth-order valence-corrected chi connectivity index (χ4v) is 5.79. The first-order valence-corrected chi connectivity index (χ1v) is 16.7. The maximum absolute atomic E-state index is 12.4. The van der Waals surface area contributed by atoms with Crippen molar-refractivity contribution >= 4 is 62.7 Å². The molecule has 3 N–H and O–H groups in total. The number of rotatable bonds is 4. The van der Waals surface area contributed by atoms with Gasteiger partial charge >= 0.3 is 0 Å². The summed E-state index contributed by atoms with van der Waals surface area (Å²) in [6.45, 7) is 3.79. The Morgan fingerprint density at radius 3 is 1.60 bits per heavy atom. The van der Waals surface area contributed by atoms with E-state index < -0.39 is 19.1 Å². The number of pyridine rings is 2. The third-order valence-electron chi connectivity index (χ3n) is 6.25. The van der Waals surface area contributed by atoms with E-state index in [9.17, 15) is 16.8 Å². The number of nitrogens with two attached hydrogens (primary N) is 1. The maximum Gasteiger partial charge on any atom is 0.261 e. The minimum atomic E-state index is -3.61. The fourth-order valence-electron chi connectivity index (χ4n) is 3.96. The zero-order chi connectivity index (χ0) is 31.0. The molecule has 6 aromatic rings. The number of hydrogen-bond donors (Lipinski definition) is 2. The highest BCUT2D eigenvalue weighted by atomic mass is 35.7. The molecule has 0 saturated carbocycles. The van der Waals surface area contributed by atoms with E-state index in [4.69, 9.17) is 16.4 Å². The van der Waals surface area contributed by atoms with Gasteiger partial charge < -0.3 is 5.73 Å². The number of nitrogens with zero attached hydrogens (tertiary/aromatic N) is 2. The van der Waals surface area contributed by atoms with E-state index in [1.165, 1.54) is 18.3 Å². The van der Waals surface area contributed by atoms with E-state index in [1.54, 1.807) is 48.8 Å². The third kappa shape index (κ3) is 8.51. The largest absolute Gasteiger partial charge is 0.397 e. The summed E-state index contributed by atoms with van der Waals surface area (Å²) in [5.74, 6) is 0. The molecule has 0 aliphatic heterocycles. The van der Waals surface area contributed by atoms with Crippen molar-refractivity contribution in [2.45, 2.75) is 23.6 Å². The lowest BCUT2D eigenvalue weighted by Gasteiger charge is -2.10. The lowest BCUT2D eigenvalue weighted by molar-refractivity contribution is 0.601. The van der Waals surface area contributed by atoms with Crippen molar-refractivity contribution in [3.05, 3.63) is 133 Å². The van der Waals surface area contributed by atoms with Crippen LogP contribution >= 0.6 is 10.7 Å². The van der Waals surface area contributed by atoms with Crippen molar-refractivity contribution < 1.29 is 16.8 Å². The van der Waals surface area contributed by atoms with Crippen LogP contribution in [-0.4, -0.2) is 26.8 Å². The van der Waals surface area contributed by atoms with Gasteiger partial charge in [0.1, 0.15) is 0 Å². The summed E-state index contributed by atoms with van der Waals surface area (Å²) in [5, 5.41) is 3.87. The summed E-state index contributed by atoms with van der Waals surface area (Å²) in [6, 6.07) is 28.6. The van der Waals surface area contributed by atoms with Crippen LogP contribution in [0.3, 0.4) is 0 Å². The van der Waals surface area contributed by atoms with E-state index in [0.29, 0.717) is 5.69 Å². The van der Waals surface area contributed by atoms with Crippen molar-refractivity contribution in [1.82, 2.24) is 9.97 Å². The van der Waals surface area contributed by atoms with Crippen molar-refractivity contribution in [3.63, 3.8) is 0 Å². The van der Waals surface area contributed by atoms with Crippen LogP contribution in [0.2, 0.25) is 0 Å². The third-order valence-corrected chi connectivity index (χ3v) is 9.00. The predicted octanol–water partition coefficient (Wildman–Crippen LogP) is 7.08. The van der Waals surface area contributed by atoms with Crippen LogP contribution in [0.25, 0.3) is 21.5 Å². The molecule has 2 aromatic heterocycles. The molecule has 11 heteroatoms. The van der Waals surface area contributed by atoms with Gasteiger partial charge in [-0.1, -0.05) is 83.9 Å². The first-order valence-electron chi connectivity index (χ1n) is 13.0. The summed E-state index contributed by atoms with van der Waals surface area (Å²) in [4.78, 5) is 8.45. The van der Waals surface area contributed by atoms with Crippen LogP contribution in [0.15, 0.2) is 132 Å². The molecule has 0 aliphatic rings. The molecule has 0 fully saturated rings. The van der Waals surface area contributed by atoms with Gasteiger partial charge in [-0.2, -0.15) is 0 Å². The van der Waals surface area contributed by atoms with Crippen molar-refractivity contribution in [1.29, 1.82) is 0 Å². The first-order chi connectivity index (χ1) is 20.4. The van der Waals surface area contributed by atoms with Crippen molar-refractivity contribution in [2.75, 3.05) is 10.5 Å². The van der Waals surface area contributed by atoms with Crippen LogP contribution in [0, 0.1) is 13.8 Å². The molecule has 0 aliphatic carbocycles. The summed E-state index contributed by atoms with van der Waals surface area (Å²) >= 11 is 0. The highest BCUT2D eigenvalue weighted by Crippen LogP contribution is 2.24. The summed E-state index contributed by atoms with van der Waals surface area (Å²) in [7, 11) is -2.08. The number of fused-ring (bicyclic) bond motifs is 2. The molecular weight excluding hydrogens is 604 g/mol. The Morgan fingerprint density at radius 1 is 0.605 bits per heavy atom. The Bertz CT molecular complexity index is 2060. The summed E-state index contributed by atoms with van der Waals surface area (Å²) < 4.78 is 48.9. The van der Waals surface area contributed by atoms with E-state index in [1.807, 2.05) is 68.6 Å². The number of nitrogen functional groups attached to an aromatic ring is 1. The van der Waals surface area contributed by atoms with Gasteiger partial charge in [0, 0.05) is 44.6 Å². The number of nitrogens with one attached hydrogen (secondary N) is 1. The molecule has 6 rings (SSSR count). The quantitative estimate of drug-likeness (QED) is 0.198. The van der Waals surface area contributed by atoms with Crippen LogP contribution in [0.4, 0.5) is 11.4 Å². The molecule has 8 nitrogen and oxygen atoms in total. The average molecular weight is 633 g/mol. The monoisotopic (exact) mass is 632 g/mol. The highest BCUT2D eigenvalue weighted by Gasteiger charge is 2.15. The number of aryl methyl sites for hydroxylation is 2. The molecule has 0 saturated heterocycles. The number of halogens is 1. The van der Waals surface area contributed by atoms with Crippen LogP contribution in [-0.2, 0) is 19.1 Å². The smallest absolute Gasteiger partial charge is 0.261 e. The van der Waals surface area contributed by atoms with Gasteiger partial charge in [-0.25, -0.2) is 16.8 Å².